The molecule has 0 amide bonds. The van der Waals surface area contributed by atoms with Gasteiger partial charge in [-0.3, -0.25) is 0 Å². The minimum atomic E-state index is 0.370. The van der Waals surface area contributed by atoms with E-state index in [2.05, 4.69) is 12.2 Å². The van der Waals surface area contributed by atoms with Crippen molar-refractivity contribution in [2.45, 2.75) is 25.8 Å². The van der Waals surface area contributed by atoms with Gasteiger partial charge in [0.15, 0.2) is 0 Å². The van der Waals surface area contributed by atoms with Crippen molar-refractivity contribution in [1.29, 1.82) is 0 Å². The van der Waals surface area contributed by atoms with Crippen LogP contribution in [0.5, 0.6) is 0 Å². The second kappa shape index (κ2) is 5.59. The molecule has 0 heterocycles. The van der Waals surface area contributed by atoms with Gasteiger partial charge in [-0.15, -0.1) is 0 Å². The predicted molar refractivity (Wildman–Crippen MR) is 63.2 cm³/mol. The zero-order valence-electron chi connectivity index (χ0n) is 8.48. The van der Waals surface area contributed by atoms with Crippen LogP contribution < -0.4 is 5.32 Å². The van der Waals surface area contributed by atoms with Crippen LogP contribution in [0.1, 0.15) is 31.4 Å². The van der Waals surface area contributed by atoms with E-state index < -0.39 is 0 Å². The van der Waals surface area contributed by atoms with E-state index in [1.54, 1.807) is 0 Å². The van der Waals surface area contributed by atoms with Crippen LogP contribution in [0.3, 0.4) is 0 Å². The molecule has 0 spiro atoms. The van der Waals surface area contributed by atoms with Crippen LogP contribution in [-0.2, 0) is 0 Å². The maximum Gasteiger partial charge on any atom is 0.0595 e. The van der Waals surface area contributed by atoms with Gasteiger partial charge in [-0.1, -0.05) is 42.6 Å². The normalized spacial score (nSPS) is 12.9. The summed E-state index contributed by atoms with van der Waals surface area (Å²) in [6.45, 7) is 2.17. The number of hydrogen-bond donors (Lipinski definition) is 1. The lowest BCUT2D eigenvalue weighted by molar-refractivity contribution is 0.541. The SMILES string of the molecule is CCCC(NC)c1ccc(Cl)c(Cl)c1. The minimum absolute atomic E-state index is 0.370. The first-order valence-electron chi connectivity index (χ1n) is 4.81. The molecule has 0 aliphatic rings. The highest BCUT2D eigenvalue weighted by atomic mass is 35.5. The van der Waals surface area contributed by atoms with Crippen molar-refractivity contribution in [3.63, 3.8) is 0 Å². The second-order valence-corrected chi connectivity index (χ2v) is 4.12. The van der Waals surface area contributed by atoms with Crippen molar-refractivity contribution in [1.82, 2.24) is 5.32 Å². The Morgan fingerprint density at radius 2 is 2.00 bits per heavy atom. The van der Waals surface area contributed by atoms with E-state index in [1.807, 2.05) is 25.2 Å². The highest BCUT2D eigenvalue weighted by molar-refractivity contribution is 6.42. The highest BCUT2D eigenvalue weighted by Crippen LogP contribution is 2.27. The quantitative estimate of drug-likeness (QED) is 0.825. The maximum atomic E-state index is 5.96. The lowest BCUT2D eigenvalue weighted by Gasteiger charge is -2.16. The Bertz CT molecular complexity index is 299. The molecule has 0 saturated heterocycles. The van der Waals surface area contributed by atoms with E-state index in [-0.39, 0.29) is 0 Å². The predicted octanol–water partition coefficient (Wildman–Crippen LogP) is 4.05. The van der Waals surface area contributed by atoms with Gasteiger partial charge < -0.3 is 5.32 Å². The van der Waals surface area contributed by atoms with E-state index in [0.29, 0.717) is 16.1 Å². The molecule has 1 unspecified atom stereocenters. The first-order chi connectivity index (χ1) is 6.69. The fourth-order valence-electron chi connectivity index (χ4n) is 1.50. The van der Waals surface area contributed by atoms with Gasteiger partial charge in [-0.25, -0.2) is 0 Å². The summed E-state index contributed by atoms with van der Waals surface area (Å²) >= 11 is 11.8. The third-order valence-electron chi connectivity index (χ3n) is 2.27. The average molecular weight is 232 g/mol. The Kier molecular flexibility index (Phi) is 4.73. The lowest BCUT2D eigenvalue weighted by Crippen LogP contribution is -2.15. The first kappa shape index (κ1) is 11.8. The van der Waals surface area contributed by atoms with Crippen molar-refractivity contribution in [3.8, 4) is 0 Å². The van der Waals surface area contributed by atoms with Gasteiger partial charge >= 0.3 is 0 Å². The number of nitrogens with one attached hydrogen (secondary N) is 1. The van der Waals surface area contributed by atoms with Crippen molar-refractivity contribution < 1.29 is 0 Å². The zero-order valence-corrected chi connectivity index (χ0v) is 9.99. The number of hydrogen-bond acceptors (Lipinski definition) is 1. The molecule has 0 fully saturated rings. The molecular weight excluding hydrogens is 217 g/mol. The van der Waals surface area contributed by atoms with Crippen LogP contribution in [0.15, 0.2) is 18.2 Å². The lowest BCUT2D eigenvalue weighted by atomic mass is 10.0. The van der Waals surface area contributed by atoms with Crippen LogP contribution in [0.2, 0.25) is 10.0 Å². The monoisotopic (exact) mass is 231 g/mol. The molecule has 0 radical (unpaired) electrons. The molecule has 1 aromatic rings. The third-order valence-corrected chi connectivity index (χ3v) is 3.01. The molecule has 0 aromatic heterocycles. The van der Waals surface area contributed by atoms with Gasteiger partial charge in [0.1, 0.15) is 0 Å². The van der Waals surface area contributed by atoms with Crippen molar-refractivity contribution in [2.24, 2.45) is 0 Å². The molecule has 1 aromatic carbocycles. The zero-order chi connectivity index (χ0) is 10.6. The molecule has 1 nitrogen and oxygen atoms in total. The van der Waals surface area contributed by atoms with Crippen molar-refractivity contribution >= 4 is 23.2 Å². The Labute approximate surface area is 95.4 Å². The molecule has 0 saturated carbocycles. The van der Waals surface area contributed by atoms with Crippen LogP contribution >= 0.6 is 23.2 Å². The summed E-state index contributed by atoms with van der Waals surface area (Å²) in [6, 6.07) is 6.17. The summed E-state index contributed by atoms with van der Waals surface area (Å²) in [5.41, 5.74) is 1.20. The molecule has 0 aliphatic carbocycles. The molecule has 14 heavy (non-hydrogen) atoms. The molecular formula is C11H15Cl2N. The molecule has 0 aliphatic heterocycles. The fourth-order valence-corrected chi connectivity index (χ4v) is 1.80. The summed E-state index contributed by atoms with van der Waals surface area (Å²) < 4.78 is 0. The van der Waals surface area contributed by atoms with E-state index in [4.69, 9.17) is 23.2 Å². The first-order valence-corrected chi connectivity index (χ1v) is 5.56. The third kappa shape index (κ3) is 2.88. The molecule has 1 rings (SSSR count). The van der Waals surface area contributed by atoms with Gasteiger partial charge in [0.05, 0.1) is 10.0 Å². The van der Waals surface area contributed by atoms with E-state index in [0.717, 1.165) is 12.8 Å². The standard InChI is InChI=1S/C11H15Cl2N/c1-3-4-11(14-2)8-5-6-9(12)10(13)7-8/h5-7,11,14H,3-4H2,1-2H3. The maximum absolute atomic E-state index is 5.96. The second-order valence-electron chi connectivity index (χ2n) is 3.30. The van der Waals surface area contributed by atoms with Crippen LogP contribution in [0.4, 0.5) is 0 Å². The Hall–Kier alpha value is -0.240. The molecule has 1 N–H and O–H groups in total. The van der Waals surface area contributed by atoms with Crippen LogP contribution in [-0.4, -0.2) is 7.05 Å². The molecule has 78 valence electrons. The minimum Gasteiger partial charge on any atom is -0.313 e. The molecule has 1 atom stereocenters. The summed E-state index contributed by atoms with van der Waals surface area (Å²) in [6.07, 6.45) is 2.25. The van der Waals surface area contributed by atoms with Gasteiger partial charge in [-0.05, 0) is 31.2 Å². The van der Waals surface area contributed by atoms with Crippen molar-refractivity contribution in [3.05, 3.63) is 33.8 Å². The number of benzene rings is 1. The van der Waals surface area contributed by atoms with E-state index >= 15 is 0 Å². The highest BCUT2D eigenvalue weighted by Gasteiger charge is 2.09. The summed E-state index contributed by atoms with van der Waals surface area (Å²) in [4.78, 5) is 0. The van der Waals surface area contributed by atoms with Gasteiger partial charge in [0.2, 0.25) is 0 Å². The Morgan fingerprint density at radius 3 is 2.50 bits per heavy atom. The summed E-state index contributed by atoms with van der Waals surface area (Å²) in [7, 11) is 1.96. The van der Waals surface area contributed by atoms with E-state index in [1.165, 1.54) is 5.56 Å². The topological polar surface area (TPSA) is 12.0 Å². The smallest absolute Gasteiger partial charge is 0.0595 e. The number of halogens is 2. The Balaban J connectivity index is 2.88. The van der Waals surface area contributed by atoms with E-state index in [9.17, 15) is 0 Å². The average Bonchev–Trinajstić information content (AvgIpc) is 2.19. The molecule has 0 bridgehead atoms. The summed E-state index contributed by atoms with van der Waals surface area (Å²) in [5, 5.41) is 4.50. The van der Waals surface area contributed by atoms with Crippen LogP contribution in [0.25, 0.3) is 0 Å². The van der Waals surface area contributed by atoms with Crippen LogP contribution in [0, 0.1) is 0 Å². The van der Waals surface area contributed by atoms with Gasteiger partial charge in [-0.2, -0.15) is 0 Å². The Morgan fingerprint density at radius 1 is 1.29 bits per heavy atom. The summed E-state index contributed by atoms with van der Waals surface area (Å²) in [5.74, 6) is 0. The van der Waals surface area contributed by atoms with Crippen molar-refractivity contribution in [2.75, 3.05) is 7.05 Å². The largest absolute Gasteiger partial charge is 0.313 e. The fraction of sp³-hybridized carbons (Fsp3) is 0.455. The molecule has 3 heteroatoms. The number of rotatable bonds is 4. The van der Waals surface area contributed by atoms with Gasteiger partial charge in [0, 0.05) is 6.04 Å². The van der Waals surface area contributed by atoms with Gasteiger partial charge in [0.25, 0.3) is 0 Å².